The smallest absolute Gasteiger partial charge is 0.271 e. The molecule has 98 valence electrons. The van der Waals surface area contributed by atoms with E-state index in [4.69, 9.17) is 16.7 Å². The average molecular weight is 272 g/mol. The van der Waals surface area contributed by atoms with E-state index in [1.165, 1.54) is 17.7 Å². The normalized spacial score (nSPS) is 10.6. The van der Waals surface area contributed by atoms with Crippen molar-refractivity contribution in [2.24, 2.45) is 0 Å². The molecule has 1 aromatic rings. The molecule has 0 unspecified atom stereocenters. The van der Waals surface area contributed by atoms with E-state index in [9.17, 15) is 10.1 Å². The second-order valence-corrected chi connectivity index (χ2v) is 3.63. The fourth-order valence-corrected chi connectivity index (χ4v) is 1.44. The zero-order valence-corrected chi connectivity index (χ0v) is 10.4. The van der Waals surface area contributed by atoms with E-state index in [-0.39, 0.29) is 12.3 Å². The van der Waals surface area contributed by atoms with E-state index in [2.05, 4.69) is 10.6 Å². The van der Waals surface area contributed by atoms with Crippen LogP contribution in [0.1, 0.15) is 0 Å². The summed E-state index contributed by atoms with van der Waals surface area (Å²) in [5.74, 6) is 0. The van der Waals surface area contributed by atoms with Crippen LogP contribution in [0, 0.1) is 10.1 Å². The van der Waals surface area contributed by atoms with Crippen molar-refractivity contribution in [1.82, 2.24) is 0 Å². The van der Waals surface area contributed by atoms with Crippen molar-refractivity contribution >= 4 is 28.7 Å². The topological polar surface area (TPSA) is 87.4 Å². The first-order valence-electron chi connectivity index (χ1n) is 5.31. The molecule has 3 N–H and O–H groups in total. The first kappa shape index (κ1) is 14.3. The highest BCUT2D eigenvalue weighted by Gasteiger charge is 2.09. The zero-order valence-electron chi connectivity index (χ0n) is 9.60. The zero-order chi connectivity index (χ0) is 13.4. The molecule has 0 aliphatic carbocycles. The summed E-state index contributed by atoms with van der Waals surface area (Å²) in [5.41, 5.74) is 2.65. The van der Waals surface area contributed by atoms with Crippen molar-refractivity contribution in [3.63, 3.8) is 0 Å². The van der Waals surface area contributed by atoms with Gasteiger partial charge in [0, 0.05) is 30.8 Å². The fraction of sp³-hybridized carbons (Fsp3) is 0.273. The molecule has 1 aromatic carbocycles. The highest BCUT2D eigenvalue weighted by molar-refractivity contribution is 6.25. The summed E-state index contributed by atoms with van der Waals surface area (Å²) in [4.78, 5) is 10.2. The lowest BCUT2D eigenvalue weighted by Crippen LogP contribution is -2.09. The van der Waals surface area contributed by atoms with Crippen molar-refractivity contribution < 1.29 is 10.0 Å². The molecule has 0 atom stereocenters. The van der Waals surface area contributed by atoms with Gasteiger partial charge in [0.25, 0.3) is 5.69 Å². The van der Waals surface area contributed by atoms with Crippen LogP contribution >= 0.6 is 11.6 Å². The summed E-state index contributed by atoms with van der Waals surface area (Å²) in [7, 11) is 0. The van der Waals surface area contributed by atoms with Crippen molar-refractivity contribution in [3.8, 4) is 0 Å². The molecule has 0 spiro atoms. The largest absolute Gasteiger partial charge is 0.395 e. The van der Waals surface area contributed by atoms with E-state index in [1.807, 2.05) is 0 Å². The molecule has 0 amide bonds. The van der Waals surface area contributed by atoms with Crippen LogP contribution in [0.5, 0.6) is 0 Å². The maximum absolute atomic E-state index is 10.7. The van der Waals surface area contributed by atoms with Gasteiger partial charge in [-0.25, -0.2) is 0 Å². The van der Waals surface area contributed by atoms with E-state index >= 15 is 0 Å². The second kappa shape index (κ2) is 7.52. The quantitative estimate of drug-likeness (QED) is 0.522. The number of nitro groups is 1. The number of anilines is 2. The molecule has 1 rings (SSSR count). The van der Waals surface area contributed by atoms with Gasteiger partial charge in [-0.3, -0.25) is 10.1 Å². The number of nitrogens with one attached hydrogen (secondary N) is 2. The minimum atomic E-state index is -0.460. The molecule has 0 heterocycles. The Balaban J connectivity index is 2.90. The molecule has 6 nitrogen and oxygen atoms in total. The van der Waals surface area contributed by atoms with Crippen molar-refractivity contribution in [1.29, 1.82) is 0 Å². The first-order chi connectivity index (χ1) is 8.69. The van der Waals surface area contributed by atoms with Gasteiger partial charge in [-0.2, -0.15) is 0 Å². The molecule has 0 aromatic heterocycles. The van der Waals surface area contributed by atoms with E-state index in [1.54, 1.807) is 12.1 Å². The van der Waals surface area contributed by atoms with Crippen LogP contribution in [0.25, 0.3) is 0 Å². The van der Waals surface area contributed by atoms with Gasteiger partial charge in [0.15, 0.2) is 0 Å². The molecular formula is C11H14ClN3O3. The lowest BCUT2D eigenvalue weighted by atomic mass is 10.2. The Morgan fingerprint density at radius 3 is 2.78 bits per heavy atom. The van der Waals surface area contributed by atoms with Gasteiger partial charge < -0.3 is 15.7 Å². The lowest BCUT2D eigenvalue weighted by Gasteiger charge is -2.12. The summed E-state index contributed by atoms with van der Waals surface area (Å²) in [6.07, 6.45) is 1.68. The number of halogens is 1. The highest BCUT2D eigenvalue weighted by Crippen LogP contribution is 2.26. The molecule has 18 heavy (non-hydrogen) atoms. The molecular weight excluding hydrogens is 258 g/mol. The molecule has 0 saturated carbocycles. The van der Waals surface area contributed by atoms with Gasteiger partial charge in [0.05, 0.1) is 22.9 Å². The van der Waals surface area contributed by atoms with Crippen LogP contribution in [-0.4, -0.2) is 29.7 Å². The van der Waals surface area contributed by atoms with Crippen LogP contribution in [0.2, 0.25) is 0 Å². The van der Waals surface area contributed by atoms with Crippen LogP contribution in [0.3, 0.4) is 0 Å². The summed E-state index contributed by atoms with van der Waals surface area (Å²) in [5, 5.41) is 25.4. The van der Waals surface area contributed by atoms with Crippen LogP contribution in [0.4, 0.5) is 17.1 Å². The van der Waals surface area contributed by atoms with Crippen molar-refractivity contribution in [2.45, 2.75) is 0 Å². The SMILES string of the molecule is O=[N+]([O-])c1ccc(NCCO)c(NC/C=C/Cl)c1. The number of hydrogen-bond donors (Lipinski definition) is 3. The van der Waals surface area contributed by atoms with Gasteiger partial charge in [0.1, 0.15) is 0 Å². The third kappa shape index (κ3) is 4.23. The molecule has 0 bridgehead atoms. The third-order valence-corrected chi connectivity index (χ3v) is 2.32. The Bertz CT molecular complexity index is 438. The van der Waals surface area contributed by atoms with Gasteiger partial charge in [-0.05, 0) is 6.07 Å². The minimum Gasteiger partial charge on any atom is -0.395 e. The molecule has 0 saturated heterocycles. The number of nitro benzene ring substituents is 1. The van der Waals surface area contributed by atoms with Gasteiger partial charge in [0.2, 0.25) is 0 Å². The monoisotopic (exact) mass is 271 g/mol. The summed E-state index contributed by atoms with van der Waals surface area (Å²) < 4.78 is 0. The highest BCUT2D eigenvalue weighted by atomic mass is 35.5. The lowest BCUT2D eigenvalue weighted by molar-refractivity contribution is -0.384. The predicted molar refractivity (Wildman–Crippen MR) is 72.2 cm³/mol. The number of nitrogens with zero attached hydrogens (tertiary/aromatic N) is 1. The summed E-state index contributed by atoms with van der Waals surface area (Å²) >= 11 is 5.40. The number of rotatable bonds is 7. The Hall–Kier alpha value is -1.79. The van der Waals surface area contributed by atoms with Crippen molar-refractivity contribution in [3.05, 3.63) is 39.9 Å². The van der Waals surface area contributed by atoms with Gasteiger partial charge in [-0.15, -0.1) is 0 Å². The number of non-ortho nitro benzene ring substituents is 1. The second-order valence-electron chi connectivity index (χ2n) is 3.38. The Kier molecular flexibility index (Phi) is 5.96. The maximum atomic E-state index is 10.7. The standard InChI is InChI=1S/C11H14ClN3O3/c12-4-1-5-13-11-8-9(15(17)18)2-3-10(11)14-6-7-16/h1-4,8,13-14,16H,5-7H2/b4-1+. The molecule has 0 radical (unpaired) electrons. The Morgan fingerprint density at radius 2 is 2.17 bits per heavy atom. The molecule has 0 aliphatic heterocycles. The number of aliphatic hydroxyl groups is 1. The summed E-state index contributed by atoms with van der Waals surface area (Å²) in [6.45, 7) is 0.814. The van der Waals surface area contributed by atoms with E-state index < -0.39 is 4.92 Å². The van der Waals surface area contributed by atoms with E-state index in [0.717, 1.165) is 0 Å². The minimum absolute atomic E-state index is 0.00176. The number of benzene rings is 1. The van der Waals surface area contributed by atoms with Gasteiger partial charge >= 0.3 is 0 Å². The average Bonchev–Trinajstić information content (AvgIpc) is 2.37. The predicted octanol–water partition coefficient (Wildman–Crippen LogP) is 2.16. The molecule has 7 heteroatoms. The fourth-order valence-electron chi connectivity index (χ4n) is 1.35. The van der Waals surface area contributed by atoms with Crippen LogP contribution in [0.15, 0.2) is 29.8 Å². The number of hydrogen-bond acceptors (Lipinski definition) is 5. The first-order valence-corrected chi connectivity index (χ1v) is 5.75. The maximum Gasteiger partial charge on any atom is 0.271 e. The van der Waals surface area contributed by atoms with Crippen LogP contribution in [-0.2, 0) is 0 Å². The third-order valence-electron chi connectivity index (χ3n) is 2.14. The van der Waals surface area contributed by atoms with Crippen LogP contribution < -0.4 is 10.6 Å². The van der Waals surface area contributed by atoms with Gasteiger partial charge in [-0.1, -0.05) is 17.7 Å². The Labute approximate surface area is 109 Å². The number of aliphatic hydroxyl groups excluding tert-OH is 1. The molecule has 0 fully saturated rings. The van der Waals surface area contributed by atoms with Crippen molar-refractivity contribution in [2.75, 3.05) is 30.3 Å². The molecule has 0 aliphatic rings. The van der Waals surface area contributed by atoms with E-state index in [0.29, 0.717) is 24.5 Å². The Morgan fingerprint density at radius 1 is 1.39 bits per heavy atom. The summed E-state index contributed by atoms with van der Waals surface area (Å²) in [6, 6.07) is 4.44.